The summed E-state index contributed by atoms with van der Waals surface area (Å²) >= 11 is 2.68. The summed E-state index contributed by atoms with van der Waals surface area (Å²) in [6, 6.07) is 7.11. The minimum Gasteiger partial charge on any atom is -0.544 e. The zero-order chi connectivity index (χ0) is 17.9. The Labute approximate surface area is 153 Å². The van der Waals surface area contributed by atoms with Crippen LogP contribution in [0.5, 0.6) is 5.06 Å². The maximum absolute atomic E-state index is 10.7. The first-order chi connectivity index (χ1) is 12.2. The molecule has 0 bridgehead atoms. The molecule has 0 aliphatic rings. The molecule has 25 heavy (non-hydrogen) atoms. The maximum Gasteiger partial charge on any atom is 0.174 e. The third kappa shape index (κ3) is 7.37. The largest absolute Gasteiger partial charge is 0.544 e. The molecule has 0 radical (unpaired) electrons. The molecule has 6 nitrogen and oxygen atoms in total. The summed E-state index contributed by atoms with van der Waals surface area (Å²) in [6.07, 6.45) is 3.78. The van der Waals surface area contributed by atoms with E-state index < -0.39 is 5.97 Å². The molecular weight excluding hydrogens is 364 g/mol. The number of ether oxygens (including phenoxy) is 3. The zero-order valence-electron chi connectivity index (χ0n) is 13.5. The second-order valence-corrected chi connectivity index (χ2v) is 6.97. The van der Waals surface area contributed by atoms with Gasteiger partial charge in [-0.05, 0) is 36.4 Å². The Kier molecular flexibility index (Phi) is 8.64. The Morgan fingerprint density at radius 3 is 2.28 bits per heavy atom. The molecule has 2 rings (SSSR count). The predicted molar refractivity (Wildman–Crippen MR) is 96.1 cm³/mol. The van der Waals surface area contributed by atoms with Gasteiger partial charge in [-0.2, -0.15) is 0 Å². The van der Waals surface area contributed by atoms with E-state index in [1.165, 1.54) is 28.7 Å². The van der Waals surface area contributed by atoms with Crippen molar-refractivity contribution >= 4 is 40.8 Å². The molecule has 1 N–H and O–H groups in total. The van der Waals surface area contributed by atoms with E-state index in [9.17, 15) is 9.90 Å². The molecule has 136 valence electrons. The van der Waals surface area contributed by atoms with Crippen molar-refractivity contribution in [1.29, 1.82) is 0 Å². The lowest BCUT2D eigenvalue weighted by Gasteiger charge is -2.05. The van der Waals surface area contributed by atoms with Crippen molar-refractivity contribution < 1.29 is 29.2 Å². The van der Waals surface area contributed by atoms with Crippen LogP contribution in [0.3, 0.4) is 0 Å². The average molecular weight is 383 g/mol. The molecule has 8 heteroatoms. The quantitative estimate of drug-likeness (QED) is 0.562. The van der Waals surface area contributed by atoms with Crippen LogP contribution in [0.25, 0.3) is 12.2 Å². The highest BCUT2D eigenvalue weighted by molar-refractivity contribution is 7.15. The topological polar surface area (TPSA) is 88.1 Å². The molecule has 0 aromatic carbocycles. The number of hydrogen-bond acceptors (Lipinski definition) is 8. The van der Waals surface area contributed by atoms with Crippen LogP contribution in [0.2, 0.25) is 0 Å². The van der Waals surface area contributed by atoms with Crippen molar-refractivity contribution in [1.82, 2.24) is 0 Å². The van der Waals surface area contributed by atoms with E-state index in [2.05, 4.69) is 0 Å². The van der Waals surface area contributed by atoms with E-state index >= 15 is 0 Å². The van der Waals surface area contributed by atoms with Crippen molar-refractivity contribution in [3.63, 3.8) is 0 Å². The molecular formula is C17H19O6S2-. The SMILES string of the molecule is O=C([O-])c1ccc(/C=C/c2ccc(OCCOCCOCCO)s2)s1. The number of thiophene rings is 2. The molecule has 0 aliphatic carbocycles. The summed E-state index contributed by atoms with van der Waals surface area (Å²) in [5, 5.41) is 20.1. The first-order valence-electron chi connectivity index (χ1n) is 7.67. The van der Waals surface area contributed by atoms with E-state index in [1.807, 2.05) is 24.3 Å². The lowest BCUT2D eigenvalue weighted by molar-refractivity contribution is -0.254. The molecule has 0 saturated carbocycles. The fourth-order valence-corrected chi connectivity index (χ4v) is 3.33. The van der Waals surface area contributed by atoms with Gasteiger partial charge in [-0.15, -0.1) is 11.3 Å². The second-order valence-electron chi connectivity index (χ2n) is 4.78. The number of hydrogen-bond donors (Lipinski definition) is 1. The molecule has 0 unspecified atom stereocenters. The van der Waals surface area contributed by atoms with Crippen LogP contribution in [-0.2, 0) is 9.47 Å². The molecule has 0 aliphatic heterocycles. The van der Waals surface area contributed by atoms with Crippen LogP contribution in [0, 0.1) is 0 Å². The number of rotatable bonds is 12. The third-order valence-corrected chi connectivity index (χ3v) is 4.92. The van der Waals surface area contributed by atoms with E-state index in [-0.39, 0.29) is 11.5 Å². The lowest BCUT2D eigenvalue weighted by atomic mass is 10.3. The summed E-state index contributed by atoms with van der Waals surface area (Å²) in [7, 11) is 0. The van der Waals surface area contributed by atoms with Crippen LogP contribution in [0.1, 0.15) is 19.4 Å². The van der Waals surface area contributed by atoms with Gasteiger partial charge in [0.2, 0.25) is 0 Å². The average Bonchev–Trinajstić information content (AvgIpc) is 3.24. The Morgan fingerprint density at radius 2 is 1.60 bits per heavy atom. The predicted octanol–water partition coefficient (Wildman–Crippen LogP) is 1.75. The second kappa shape index (κ2) is 11.0. The highest BCUT2D eigenvalue weighted by atomic mass is 32.1. The fourth-order valence-electron chi connectivity index (χ4n) is 1.81. The lowest BCUT2D eigenvalue weighted by Crippen LogP contribution is -2.20. The summed E-state index contributed by atoms with van der Waals surface area (Å²) in [5.41, 5.74) is 0. The Bertz CT molecular complexity index is 676. The summed E-state index contributed by atoms with van der Waals surface area (Å²) in [4.78, 5) is 12.8. The summed E-state index contributed by atoms with van der Waals surface area (Å²) in [6.45, 7) is 2.18. The smallest absolute Gasteiger partial charge is 0.174 e. The van der Waals surface area contributed by atoms with Crippen molar-refractivity contribution in [2.75, 3.05) is 39.6 Å². The highest BCUT2D eigenvalue weighted by Crippen LogP contribution is 2.27. The molecule has 2 heterocycles. The number of aromatic carboxylic acids is 1. The minimum absolute atomic E-state index is 0.0165. The van der Waals surface area contributed by atoms with Crippen molar-refractivity contribution in [3.05, 3.63) is 38.9 Å². The van der Waals surface area contributed by atoms with Crippen molar-refractivity contribution in [2.24, 2.45) is 0 Å². The number of aliphatic hydroxyl groups is 1. The van der Waals surface area contributed by atoms with Crippen LogP contribution >= 0.6 is 22.7 Å². The molecule has 0 fully saturated rings. The Hall–Kier alpha value is -1.71. The molecule has 2 aromatic rings. The maximum atomic E-state index is 10.7. The number of carbonyl (C=O) groups is 1. The molecule has 0 saturated heterocycles. The summed E-state index contributed by atoms with van der Waals surface area (Å²) < 4.78 is 16.0. The van der Waals surface area contributed by atoms with Crippen LogP contribution in [-0.4, -0.2) is 50.7 Å². The number of carboxylic acids is 1. The minimum atomic E-state index is -1.15. The number of carboxylic acid groups (broad SMARTS) is 1. The summed E-state index contributed by atoms with van der Waals surface area (Å²) in [5.74, 6) is -1.15. The molecule has 0 spiro atoms. The molecule has 0 atom stereocenters. The van der Waals surface area contributed by atoms with Gasteiger partial charge in [0, 0.05) is 9.75 Å². The first kappa shape index (κ1) is 19.6. The van der Waals surface area contributed by atoms with Gasteiger partial charge in [0.15, 0.2) is 5.06 Å². The van der Waals surface area contributed by atoms with Gasteiger partial charge in [0.05, 0.1) is 43.9 Å². The zero-order valence-corrected chi connectivity index (χ0v) is 15.1. The van der Waals surface area contributed by atoms with Gasteiger partial charge in [0.1, 0.15) is 6.61 Å². The highest BCUT2D eigenvalue weighted by Gasteiger charge is 2.01. The standard InChI is InChI=1S/C17H20O6S2/c18-7-8-21-9-10-22-11-12-23-16-6-4-14(25-16)2-1-13-3-5-15(24-13)17(19)20/h1-6,18H,7-12H2,(H,19,20)/p-1/b2-1+. The number of aliphatic hydroxyl groups excluding tert-OH is 1. The molecule has 0 amide bonds. The van der Waals surface area contributed by atoms with Crippen molar-refractivity contribution in [3.8, 4) is 5.06 Å². The fraction of sp³-hybridized carbons (Fsp3) is 0.353. The van der Waals surface area contributed by atoms with E-state index in [4.69, 9.17) is 19.3 Å². The van der Waals surface area contributed by atoms with E-state index in [0.29, 0.717) is 33.0 Å². The van der Waals surface area contributed by atoms with Crippen LogP contribution < -0.4 is 9.84 Å². The van der Waals surface area contributed by atoms with Crippen LogP contribution in [0.15, 0.2) is 24.3 Å². The van der Waals surface area contributed by atoms with Gasteiger partial charge in [-0.3, -0.25) is 0 Å². The van der Waals surface area contributed by atoms with Crippen molar-refractivity contribution in [2.45, 2.75) is 0 Å². The third-order valence-electron chi connectivity index (χ3n) is 2.92. The molecule has 2 aromatic heterocycles. The van der Waals surface area contributed by atoms with E-state index in [1.54, 1.807) is 6.07 Å². The van der Waals surface area contributed by atoms with Gasteiger partial charge in [-0.1, -0.05) is 11.3 Å². The van der Waals surface area contributed by atoms with E-state index in [0.717, 1.165) is 14.8 Å². The van der Waals surface area contributed by atoms with Gasteiger partial charge in [-0.25, -0.2) is 0 Å². The van der Waals surface area contributed by atoms with Gasteiger partial charge < -0.3 is 29.2 Å². The number of carbonyl (C=O) groups excluding carboxylic acids is 1. The monoisotopic (exact) mass is 383 g/mol. The van der Waals surface area contributed by atoms with Crippen LogP contribution in [0.4, 0.5) is 0 Å². The van der Waals surface area contributed by atoms with Gasteiger partial charge in [0.25, 0.3) is 0 Å². The Morgan fingerprint density at radius 1 is 0.960 bits per heavy atom. The normalized spacial score (nSPS) is 11.2. The Balaban J connectivity index is 1.67. The van der Waals surface area contributed by atoms with Gasteiger partial charge >= 0.3 is 0 Å². The first-order valence-corrected chi connectivity index (χ1v) is 9.30.